The van der Waals surface area contributed by atoms with E-state index >= 15 is 0 Å². The lowest BCUT2D eigenvalue weighted by Crippen LogP contribution is -2.53. The van der Waals surface area contributed by atoms with Crippen LogP contribution in [-0.2, 0) is 4.79 Å². The molecule has 1 aromatic rings. The number of carbonyl (C=O) groups is 2. The predicted octanol–water partition coefficient (Wildman–Crippen LogP) is 4.21. The van der Waals surface area contributed by atoms with Crippen molar-refractivity contribution in [2.24, 2.45) is 5.92 Å². The molecule has 4 heteroatoms. The molecule has 26 heavy (non-hydrogen) atoms. The van der Waals surface area contributed by atoms with Gasteiger partial charge in [0.05, 0.1) is 12.0 Å². The highest BCUT2D eigenvalue weighted by Crippen LogP contribution is 2.41. The number of Topliss-reactive ketones (excluding diaryl/α,β-unsaturated/α-hetero) is 1. The summed E-state index contributed by atoms with van der Waals surface area (Å²) in [5.74, 6) is 1.50. The first-order valence-electron chi connectivity index (χ1n) is 10.1. The SMILES string of the molecule is Cc1cc(C)c2c(c1)C(=O)CC1(CCN(C(=O)C3CCCCC3)CC1)O2. The van der Waals surface area contributed by atoms with Crippen LogP contribution in [0.25, 0.3) is 0 Å². The van der Waals surface area contributed by atoms with Crippen LogP contribution < -0.4 is 4.74 Å². The minimum atomic E-state index is -0.423. The quantitative estimate of drug-likeness (QED) is 0.758. The Morgan fingerprint density at radius 2 is 1.81 bits per heavy atom. The van der Waals surface area contributed by atoms with Crippen LogP contribution in [0.15, 0.2) is 12.1 Å². The number of hydrogen-bond donors (Lipinski definition) is 0. The van der Waals surface area contributed by atoms with Crippen molar-refractivity contribution >= 4 is 11.7 Å². The number of aryl methyl sites for hydroxylation is 2. The highest BCUT2D eigenvalue weighted by Gasteiger charge is 2.44. The van der Waals surface area contributed by atoms with E-state index in [9.17, 15) is 9.59 Å². The normalized spacial score (nSPS) is 22.8. The van der Waals surface area contributed by atoms with E-state index in [1.54, 1.807) is 0 Å². The van der Waals surface area contributed by atoms with Crippen LogP contribution in [0.4, 0.5) is 0 Å². The van der Waals surface area contributed by atoms with Crippen molar-refractivity contribution < 1.29 is 14.3 Å². The fraction of sp³-hybridized carbons (Fsp3) is 0.636. The zero-order valence-electron chi connectivity index (χ0n) is 16.0. The molecule has 2 fully saturated rings. The summed E-state index contributed by atoms with van der Waals surface area (Å²) in [7, 11) is 0. The van der Waals surface area contributed by atoms with Gasteiger partial charge in [-0.1, -0.05) is 25.3 Å². The van der Waals surface area contributed by atoms with Gasteiger partial charge < -0.3 is 9.64 Å². The molecule has 4 rings (SSSR count). The minimum Gasteiger partial charge on any atom is -0.486 e. The number of fused-ring (bicyclic) bond motifs is 1. The van der Waals surface area contributed by atoms with Gasteiger partial charge in [-0.25, -0.2) is 0 Å². The predicted molar refractivity (Wildman–Crippen MR) is 101 cm³/mol. The Morgan fingerprint density at radius 1 is 1.12 bits per heavy atom. The number of nitrogens with zero attached hydrogens (tertiary/aromatic N) is 1. The Bertz CT molecular complexity index is 725. The molecule has 1 saturated carbocycles. The summed E-state index contributed by atoms with van der Waals surface area (Å²) in [5, 5.41) is 0. The molecule has 4 nitrogen and oxygen atoms in total. The van der Waals surface area contributed by atoms with Crippen LogP contribution >= 0.6 is 0 Å². The van der Waals surface area contributed by atoms with Crippen LogP contribution in [0.5, 0.6) is 5.75 Å². The summed E-state index contributed by atoms with van der Waals surface area (Å²) < 4.78 is 6.43. The zero-order valence-corrected chi connectivity index (χ0v) is 16.0. The van der Waals surface area contributed by atoms with Crippen molar-refractivity contribution in [3.63, 3.8) is 0 Å². The third-order valence-corrected chi connectivity index (χ3v) is 6.46. The maximum absolute atomic E-state index is 12.8. The van der Waals surface area contributed by atoms with E-state index in [0.717, 1.165) is 48.1 Å². The van der Waals surface area contributed by atoms with E-state index in [1.165, 1.54) is 19.3 Å². The molecule has 0 N–H and O–H groups in total. The maximum atomic E-state index is 12.8. The average molecular weight is 355 g/mol. The number of hydrogen-bond acceptors (Lipinski definition) is 3. The van der Waals surface area contributed by atoms with Gasteiger partial charge in [0.15, 0.2) is 5.78 Å². The molecule has 2 heterocycles. The second-order valence-electron chi connectivity index (χ2n) is 8.50. The maximum Gasteiger partial charge on any atom is 0.225 e. The summed E-state index contributed by atoms with van der Waals surface area (Å²) >= 11 is 0. The van der Waals surface area contributed by atoms with Crippen molar-refractivity contribution in [2.45, 2.75) is 70.8 Å². The van der Waals surface area contributed by atoms with Crippen molar-refractivity contribution in [2.75, 3.05) is 13.1 Å². The molecular weight excluding hydrogens is 326 g/mol. The number of amides is 1. The first-order chi connectivity index (χ1) is 12.5. The van der Waals surface area contributed by atoms with Gasteiger partial charge in [-0.15, -0.1) is 0 Å². The van der Waals surface area contributed by atoms with Crippen LogP contribution in [-0.4, -0.2) is 35.3 Å². The van der Waals surface area contributed by atoms with E-state index in [0.29, 0.717) is 25.4 Å². The Labute approximate surface area is 155 Å². The average Bonchev–Trinajstić information content (AvgIpc) is 2.64. The Hall–Kier alpha value is -1.84. The van der Waals surface area contributed by atoms with Crippen molar-refractivity contribution in [3.05, 3.63) is 28.8 Å². The van der Waals surface area contributed by atoms with Gasteiger partial charge >= 0.3 is 0 Å². The lowest BCUT2D eigenvalue weighted by molar-refractivity contribution is -0.140. The summed E-state index contributed by atoms with van der Waals surface area (Å²) in [4.78, 5) is 27.6. The third kappa shape index (κ3) is 3.15. The number of carbonyl (C=O) groups excluding carboxylic acids is 2. The second kappa shape index (κ2) is 6.71. The fourth-order valence-electron chi connectivity index (χ4n) is 4.96. The number of ether oxygens (including phenoxy) is 1. The molecule has 0 aromatic heterocycles. The number of benzene rings is 1. The third-order valence-electron chi connectivity index (χ3n) is 6.46. The molecule has 1 aromatic carbocycles. The molecular formula is C22H29NO3. The highest BCUT2D eigenvalue weighted by molar-refractivity contribution is 6.01. The molecule has 1 amide bonds. The van der Waals surface area contributed by atoms with Crippen LogP contribution in [0.1, 0.15) is 72.9 Å². The van der Waals surface area contributed by atoms with E-state index < -0.39 is 5.60 Å². The van der Waals surface area contributed by atoms with E-state index in [2.05, 4.69) is 6.07 Å². The molecule has 140 valence electrons. The van der Waals surface area contributed by atoms with Crippen LogP contribution in [0, 0.1) is 19.8 Å². The number of piperidine rings is 1. The number of likely N-dealkylation sites (tertiary alicyclic amines) is 1. The molecule has 3 aliphatic rings. The lowest BCUT2D eigenvalue weighted by Gasteiger charge is -2.45. The van der Waals surface area contributed by atoms with Gasteiger partial charge in [0.2, 0.25) is 5.91 Å². The molecule has 2 aliphatic heterocycles. The van der Waals surface area contributed by atoms with E-state index in [1.807, 2.05) is 24.8 Å². The first-order valence-corrected chi connectivity index (χ1v) is 10.1. The lowest BCUT2D eigenvalue weighted by atomic mass is 9.81. The molecule has 0 unspecified atom stereocenters. The van der Waals surface area contributed by atoms with Crippen LogP contribution in [0.3, 0.4) is 0 Å². The molecule has 1 saturated heterocycles. The van der Waals surface area contributed by atoms with Gasteiger partial charge in [-0.2, -0.15) is 0 Å². The van der Waals surface area contributed by atoms with E-state index in [4.69, 9.17) is 4.74 Å². The Balaban J connectivity index is 1.47. The molecule has 0 radical (unpaired) electrons. The Morgan fingerprint density at radius 3 is 2.50 bits per heavy atom. The van der Waals surface area contributed by atoms with Crippen molar-refractivity contribution in [1.29, 1.82) is 0 Å². The largest absolute Gasteiger partial charge is 0.486 e. The summed E-state index contributed by atoms with van der Waals surface area (Å²) in [6, 6.07) is 4.02. The smallest absolute Gasteiger partial charge is 0.225 e. The first kappa shape index (κ1) is 17.6. The summed E-state index contributed by atoms with van der Waals surface area (Å²) in [5.41, 5.74) is 2.44. The van der Waals surface area contributed by atoms with Gasteiger partial charge in [-0.05, 0) is 43.9 Å². The highest BCUT2D eigenvalue weighted by atomic mass is 16.5. The van der Waals surface area contributed by atoms with Crippen LogP contribution in [0.2, 0.25) is 0 Å². The zero-order chi connectivity index (χ0) is 18.3. The monoisotopic (exact) mass is 355 g/mol. The molecule has 0 atom stereocenters. The van der Waals surface area contributed by atoms with Gasteiger partial charge in [-0.3, -0.25) is 9.59 Å². The fourth-order valence-corrected chi connectivity index (χ4v) is 4.96. The van der Waals surface area contributed by atoms with Gasteiger partial charge in [0.1, 0.15) is 11.4 Å². The second-order valence-corrected chi connectivity index (χ2v) is 8.50. The van der Waals surface area contributed by atoms with Gasteiger partial charge in [0.25, 0.3) is 0 Å². The van der Waals surface area contributed by atoms with E-state index in [-0.39, 0.29) is 11.7 Å². The Kier molecular flexibility index (Phi) is 4.54. The standard InChI is InChI=1S/C22H29NO3/c1-15-12-16(2)20-18(13-15)19(24)14-22(26-20)8-10-23(11-9-22)21(25)17-6-4-3-5-7-17/h12-13,17H,3-11,14H2,1-2H3. The van der Waals surface area contributed by atoms with Crippen molar-refractivity contribution in [3.8, 4) is 5.75 Å². The number of ketones is 1. The molecule has 1 spiro atoms. The molecule has 0 bridgehead atoms. The summed E-state index contributed by atoms with van der Waals surface area (Å²) in [6.07, 6.45) is 7.66. The van der Waals surface area contributed by atoms with Gasteiger partial charge in [0, 0.05) is 31.8 Å². The number of rotatable bonds is 1. The minimum absolute atomic E-state index is 0.185. The van der Waals surface area contributed by atoms with Crippen molar-refractivity contribution in [1.82, 2.24) is 4.90 Å². The molecule has 1 aliphatic carbocycles. The topological polar surface area (TPSA) is 46.6 Å². The summed E-state index contributed by atoms with van der Waals surface area (Å²) in [6.45, 7) is 5.45.